The first-order valence-electron chi connectivity index (χ1n) is 7.23. The number of aryl methyl sites for hydroxylation is 1. The van der Waals surface area contributed by atoms with Gasteiger partial charge in [0.05, 0.1) is 6.54 Å². The van der Waals surface area contributed by atoms with E-state index in [1.54, 1.807) is 4.90 Å². The van der Waals surface area contributed by atoms with Crippen molar-refractivity contribution in [3.05, 3.63) is 47.9 Å². The summed E-state index contributed by atoms with van der Waals surface area (Å²) in [7, 11) is 0. The quantitative estimate of drug-likeness (QED) is 0.888. The third-order valence-electron chi connectivity index (χ3n) is 3.55. The molecule has 2 aromatic rings. The van der Waals surface area contributed by atoms with E-state index in [0.29, 0.717) is 19.6 Å². The van der Waals surface area contributed by atoms with Crippen molar-refractivity contribution in [2.75, 3.05) is 23.3 Å². The Morgan fingerprint density at radius 2 is 2.14 bits per heavy atom. The lowest BCUT2D eigenvalue weighted by molar-refractivity contribution is 0.252. The molecule has 0 saturated carbocycles. The Hall–Kier alpha value is -2.43. The molecule has 0 atom stereocenters. The Labute approximate surface area is 123 Å². The van der Waals surface area contributed by atoms with Gasteiger partial charge < -0.3 is 15.1 Å². The van der Waals surface area contributed by atoms with Crippen molar-refractivity contribution in [2.45, 2.75) is 19.9 Å². The molecule has 0 spiro atoms. The monoisotopic (exact) mass is 285 g/mol. The fourth-order valence-electron chi connectivity index (χ4n) is 2.40. The van der Waals surface area contributed by atoms with Crippen LogP contribution in [0.1, 0.15) is 18.4 Å². The maximum absolute atomic E-state index is 11.7. The minimum Gasteiger partial charge on any atom is -0.464 e. The largest absolute Gasteiger partial charge is 0.464 e. The average molecular weight is 285 g/mol. The number of hydrogen-bond donors (Lipinski definition) is 2. The molecule has 1 aliphatic rings. The summed E-state index contributed by atoms with van der Waals surface area (Å²) in [6.07, 6.45) is 0.902. The van der Waals surface area contributed by atoms with E-state index in [-0.39, 0.29) is 6.03 Å². The molecule has 0 unspecified atom stereocenters. The van der Waals surface area contributed by atoms with Gasteiger partial charge in [-0.1, -0.05) is 13.0 Å². The zero-order chi connectivity index (χ0) is 14.7. The van der Waals surface area contributed by atoms with Crippen molar-refractivity contribution < 1.29 is 9.21 Å². The summed E-state index contributed by atoms with van der Waals surface area (Å²) in [6, 6.07) is 11.8. The van der Waals surface area contributed by atoms with Crippen LogP contribution in [0.5, 0.6) is 0 Å². The number of hydrogen-bond acceptors (Lipinski definition) is 3. The van der Waals surface area contributed by atoms with Crippen molar-refractivity contribution in [2.24, 2.45) is 0 Å². The van der Waals surface area contributed by atoms with E-state index in [1.165, 1.54) is 0 Å². The van der Waals surface area contributed by atoms with Gasteiger partial charge in [-0.3, -0.25) is 4.90 Å². The standard InChI is InChI=1S/C16H19N3O2/c1-2-14-6-7-15(21-14)11-18-12-4-3-5-13(10-12)19-9-8-17-16(19)20/h3-7,10,18H,2,8-9,11H2,1H3,(H,17,20). The average Bonchev–Trinajstić information content (AvgIpc) is 3.14. The van der Waals surface area contributed by atoms with Gasteiger partial charge in [-0.25, -0.2) is 4.79 Å². The molecule has 0 radical (unpaired) electrons. The Balaban J connectivity index is 1.67. The van der Waals surface area contributed by atoms with Crippen LogP contribution in [0.3, 0.4) is 0 Å². The molecule has 1 aliphatic heterocycles. The first kappa shape index (κ1) is 13.5. The van der Waals surface area contributed by atoms with Gasteiger partial charge in [0.15, 0.2) is 0 Å². The second kappa shape index (κ2) is 5.91. The first-order valence-corrected chi connectivity index (χ1v) is 7.23. The molecule has 3 rings (SSSR count). The molecule has 1 aromatic heterocycles. The first-order chi connectivity index (χ1) is 10.3. The smallest absolute Gasteiger partial charge is 0.321 e. The summed E-state index contributed by atoms with van der Waals surface area (Å²) >= 11 is 0. The lowest BCUT2D eigenvalue weighted by Gasteiger charge is -2.15. The number of amides is 2. The second-order valence-corrected chi connectivity index (χ2v) is 5.01. The molecule has 5 nitrogen and oxygen atoms in total. The minimum atomic E-state index is -0.0363. The molecule has 0 bridgehead atoms. The summed E-state index contributed by atoms with van der Waals surface area (Å²) in [5.74, 6) is 1.91. The van der Waals surface area contributed by atoms with Gasteiger partial charge in [0.1, 0.15) is 11.5 Å². The number of benzene rings is 1. The van der Waals surface area contributed by atoms with E-state index in [2.05, 4.69) is 17.6 Å². The van der Waals surface area contributed by atoms with Crippen LogP contribution < -0.4 is 15.5 Å². The maximum Gasteiger partial charge on any atom is 0.321 e. The van der Waals surface area contributed by atoms with Crippen LogP contribution in [0.4, 0.5) is 16.2 Å². The number of furan rings is 1. The summed E-state index contributed by atoms with van der Waals surface area (Å²) in [6.45, 7) is 4.11. The molecule has 1 saturated heterocycles. The summed E-state index contributed by atoms with van der Waals surface area (Å²) in [5.41, 5.74) is 1.88. The number of nitrogens with zero attached hydrogens (tertiary/aromatic N) is 1. The van der Waals surface area contributed by atoms with E-state index in [0.717, 1.165) is 29.3 Å². The Bertz CT molecular complexity index is 636. The number of urea groups is 1. The van der Waals surface area contributed by atoms with Crippen molar-refractivity contribution in [1.82, 2.24) is 5.32 Å². The molecule has 5 heteroatoms. The van der Waals surface area contributed by atoms with Gasteiger partial charge in [0.25, 0.3) is 0 Å². The van der Waals surface area contributed by atoms with Crippen molar-refractivity contribution in [1.29, 1.82) is 0 Å². The zero-order valence-electron chi connectivity index (χ0n) is 12.1. The molecule has 2 N–H and O–H groups in total. The molecular weight excluding hydrogens is 266 g/mol. The highest BCUT2D eigenvalue weighted by Gasteiger charge is 2.20. The topological polar surface area (TPSA) is 57.5 Å². The van der Waals surface area contributed by atoms with E-state index in [4.69, 9.17) is 4.42 Å². The van der Waals surface area contributed by atoms with Gasteiger partial charge >= 0.3 is 6.03 Å². The number of rotatable bonds is 5. The van der Waals surface area contributed by atoms with E-state index in [9.17, 15) is 4.79 Å². The lowest BCUT2D eigenvalue weighted by atomic mass is 10.2. The van der Waals surface area contributed by atoms with Crippen LogP contribution >= 0.6 is 0 Å². The molecule has 0 aliphatic carbocycles. The summed E-state index contributed by atoms with van der Waals surface area (Å²) in [4.78, 5) is 13.4. The van der Waals surface area contributed by atoms with Crippen molar-refractivity contribution in [3.63, 3.8) is 0 Å². The molecule has 110 valence electrons. The number of nitrogens with one attached hydrogen (secondary N) is 2. The zero-order valence-corrected chi connectivity index (χ0v) is 12.1. The lowest BCUT2D eigenvalue weighted by Crippen LogP contribution is -2.27. The number of carbonyl (C=O) groups excluding carboxylic acids is 1. The van der Waals surface area contributed by atoms with Gasteiger partial charge in [0, 0.05) is 30.9 Å². The summed E-state index contributed by atoms with van der Waals surface area (Å²) in [5, 5.41) is 6.13. The minimum absolute atomic E-state index is 0.0363. The predicted octanol–water partition coefficient (Wildman–Crippen LogP) is 2.98. The van der Waals surface area contributed by atoms with E-state index in [1.807, 2.05) is 36.4 Å². The van der Waals surface area contributed by atoms with Crippen LogP contribution in [-0.4, -0.2) is 19.1 Å². The predicted molar refractivity (Wildman–Crippen MR) is 82.6 cm³/mol. The van der Waals surface area contributed by atoms with Gasteiger partial charge in [-0.05, 0) is 30.3 Å². The Kier molecular flexibility index (Phi) is 3.81. The summed E-state index contributed by atoms with van der Waals surface area (Å²) < 4.78 is 5.66. The molecule has 1 aromatic carbocycles. The SMILES string of the molecule is CCc1ccc(CNc2cccc(N3CCNC3=O)c2)o1. The van der Waals surface area contributed by atoms with Crippen LogP contribution in [0.25, 0.3) is 0 Å². The van der Waals surface area contributed by atoms with Crippen molar-refractivity contribution in [3.8, 4) is 0 Å². The van der Waals surface area contributed by atoms with E-state index >= 15 is 0 Å². The third-order valence-corrected chi connectivity index (χ3v) is 3.55. The van der Waals surface area contributed by atoms with Gasteiger partial charge in [0.2, 0.25) is 0 Å². The highest BCUT2D eigenvalue weighted by Crippen LogP contribution is 2.21. The second-order valence-electron chi connectivity index (χ2n) is 5.01. The number of anilines is 2. The highest BCUT2D eigenvalue weighted by atomic mass is 16.3. The van der Waals surface area contributed by atoms with Crippen molar-refractivity contribution >= 4 is 17.4 Å². The molecule has 2 amide bonds. The fraction of sp³-hybridized carbons (Fsp3) is 0.312. The van der Waals surface area contributed by atoms with Crippen LogP contribution in [0, 0.1) is 0 Å². The molecule has 21 heavy (non-hydrogen) atoms. The normalized spacial score (nSPS) is 14.3. The fourth-order valence-corrected chi connectivity index (χ4v) is 2.40. The number of carbonyl (C=O) groups is 1. The molecular formula is C16H19N3O2. The Morgan fingerprint density at radius 1 is 1.29 bits per heavy atom. The Morgan fingerprint density at radius 3 is 2.86 bits per heavy atom. The maximum atomic E-state index is 11.7. The highest BCUT2D eigenvalue weighted by molar-refractivity contribution is 5.94. The van der Waals surface area contributed by atoms with Crippen LogP contribution in [0.2, 0.25) is 0 Å². The van der Waals surface area contributed by atoms with Crippen LogP contribution in [0.15, 0.2) is 40.8 Å². The third kappa shape index (κ3) is 3.02. The van der Waals surface area contributed by atoms with Gasteiger partial charge in [-0.2, -0.15) is 0 Å². The van der Waals surface area contributed by atoms with Crippen LogP contribution in [-0.2, 0) is 13.0 Å². The van der Waals surface area contributed by atoms with Gasteiger partial charge in [-0.15, -0.1) is 0 Å². The molecule has 1 fully saturated rings. The van der Waals surface area contributed by atoms with E-state index < -0.39 is 0 Å². The molecule has 2 heterocycles.